The minimum Gasteiger partial charge on any atom is -0.394 e. The maximum atomic E-state index is 10.7. The summed E-state index contributed by atoms with van der Waals surface area (Å²) in [6.45, 7) is 3.96. The van der Waals surface area contributed by atoms with E-state index >= 15 is 0 Å². The summed E-state index contributed by atoms with van der Waals surface area (Å²) in [6.07, 6.45) is 8.65. The number of aliphatic hydroxyl groups excluding tert-OH is 2. The monoisotopic (exact) mass is 328 g/mol. The molecular formula is C14H32O6S. The smallest absolute Gasteiger partial charge is 0.394 e. The Morgan fingerprint density at radius 1 is 0.857 bits per heavy atom. The maximum absolute atomic E-state index is 10.7. The van der Waals surface area contributed by atoms with Gasteiger partial charge in [0.25, 0.3) is 0 Å². The molecule has 0 amide bonds. The molecule has 0 aliphatic rings. The molecule has 0 heterocycles. The second-order valence-corrected chi connectivity index (χ2v) is 5.99. The molecule has 130 valence electrons. The molecule has 0 fully saturated rings. The SMILES string of the molecule is CCCCCCCC(CCCC)OS(=O)(=O)O.OCCO. The lowest BCUT2D eigenvalue weighted by atomic mass is 10.0. The van der Waals surface area contributed by atoms with Gasteiger partial charge in [-0.1, -0.05) is 58.8 Å². The zero-order valence-corrected chi connectivity index (χ0v) is 14.1. The molecule has 0 aromatic heterocycles. The molecule has 0 aromatic carbocycles. The van der Waals surface area contributed by atoms with Crippen molar-refractivity contribution < 1.29 is 27.4 Å². The summed E-state index contributed by atoms with van der Waals surface area (Å²) in [4.78, 5) is 0. The van der Waals surface area contributed by atoms with E-state index in [1.54, 1.807) is 0 Å². The van der Waals surface area contributed by atoms with Gasteiger partial charge in [0.05, 0.1) is 19.3 Å². The molecule has 0 spiro atoms. The molecule has 3 N–H and O–H groups in total. The average Bonchev–Trinajstić information content (AvgIpc) is 2.43. The second kappa shape index (κ2) is 16.2. The fraction of sp³-hybridized carbons (Fsp3) is 1.00. The van der Waals surface area contributed by atoms with Gasteiger partial charge in [0.15, 0.2) is 0 Å². The molecule has 21 heavy (non-hydrogen) atoms. The van der Waals surface area contributed by atoms with E-state index in [1.807, 2.05) is 6.92 Å². The van der Waals surface area contributed by atoms with Gasteiger partial charge in [-0.3, -0.25) is 4.55 Å². The summed E-state index contributed by atoms with van der Waals surface area (Å²) in [7, 11) is -4.30. The Morgan fingerprint density at radius 3 is 1.76 bits per heavy atom. The van der Waals surface area contributed by atoms with Crippen LogP contribution in [0.5, 0.6) is 0 Å². The fourth-order valence-corrected chi connectivity index (χ4v) is 2.36. The van der Waals surface area contributed by atoms with Crippen molar-refractivity contribution in [1.82, 2.24) is 0 Å². The molecule has 0 saturated heterocycles. The van der Waals surface area contributed by atoms with E-state index in [1.165, 1.54) is 19.3 Å². The predicted octanol–water partition coefficient (Wildman–Crippen LogP) is 2.70. The molecule has 0 aromatic rings. The van der Waals surface area contributed by atoms with Crippen LogP contribution >= 0.6 is 0 Å². The van der Waals surface area contributed by atoms with Gasteiger partial charge < -0.3 is 10.2 Å². The third-order valence-electron chi connectivity index (χ3n) is 2.87. The van der Waals surface area contributed by atoms with Crippen molar-refractivity contribution in [2.45, 2.75) is 77.7 Å². The van der Waals surface area contributed by atoms with Gasteiger partial charge in [-0.15, -0.1) is 0 Å². The van der Waals surface area contributed by atoms with Gasteiger partial charge in [-0.2, -0.15) is 8.42 Å². The molecule has 0 aliphatic carbocycles. The highest BCUT2D eigenvalue weighted by Crippen LogP contribution is 2.16. The van der Waals surface area contributed by atoms with Crippen LogP contribution in [-0.4, -0.2) is 42.5 Å². The van der Waals surface area contributed by atoms with E-state index in [0.717, 1.165) is 25.7 Å². The third kappa shape index (κ3) is 22.2. The minimum atomic E-state index is -4.30. The van der Waals surface area contributed by atoms with E-state index in [0.29, 0.717) is 12.8 Å². The predicted molar refractivity (Wildman–Crippen MR) is 83.5 cm³/mol. The molecule has 0 rings (SSSR count). The summed E-state index contributed by atoms with van der Waals surface area (Å²) in [5.74, 6) is 0. The van der Waals surface area contributed by atoms with Crippen molar-refractivity contribution in [2.75, 3.05) is 13.2 Å². The lowest BCUT2D eigenvalue weighted by Crippen LogP contribution is -2.18. The Kier molecular flexibility index (Phi) is 17.8. The van der Waals surface area contributed by atoms with Crippen LogP contribution in [0.1, 0.15) is 71.6 Å². The largest absolute Gasteiger partial charge is 0.397 e. The van der Waals surface area contributed by atoms with Gasteiger partial charge >= 0.3 is 10.4 Å². The van der Waals surface area contributed by atoms with Crippen LogP contribution in [0.15, 0.2) is 0 Å². The number of hydrogen-bond acceptors (Lipinski definition) is 5. The van der Waals surface area contributed by atoms with Crippen LogP contribution < -0.4 is 0 Å². The van der Waals surface area contributed by atoms with Gasteiger partial charge in [0.2, 0.25) is 0 Å². The lowest BCUT2D eigenvalue weighted by Gasteiger charge is -2.14. The first-order valence-corrected chi connectivity index (χ1v) is 9.15. The third-order valence-corrected chi connectivity index (χ3v) is 3.38. The number of rotatable bonds is 12. The van der Waals surface area contributed by atoms with E-state index in [-0.39, 0.29) is 19.3 Å². The fourth-order valence-electron chi connectivity index (χ4n) is 1.82. The molecular weight excluding hydrogens is 296 g/mol. The molecule has 0 saturated carbocycles. The van der Waals surface area contributed by atoms with Crippen LogP contribution in [0.25, 0.3) is 0 Å². The zero-order chi connectivity index (χ0) is 16.6. The molecule has 0 aliphatic heterocycles. The van der Waals surface area contributed by atoms with Crippen molar-refractivity contribution in [3.63, 3.8) is 0 Å². The van der Waals surface area contributed by atoms with E-state index in [4.69, 9.17) is 14.8 Å². The number of aliphatic hydroxyl groups is 2. The summed E-state index contributed by atoms with van der Waals surface area (Å²) >= 11 is 0. The quantitative estimate of drug-likeness (QED) is 0.376. The Hall–Kier alpha value is -0.210. The van der Waals surface area contributed by atoms with Crippen molar-refractivity contribution in [1.29, 1.82) is 0 Å². The molecule has 0 bridgehead atoms. The maximum Gasteiger partial charge on any atom is 0.397 e. The second-order valence-electron chi connectivity index (χ2n) is 4.94. The number of unbranched alkanes of at least 4 members (excludes halogenated alkanes) is 5. The van der Waals surface area contributed by atoms with Crippen LogP contribution in [0, 0.1) is 0 Å². The number of hydrogen-bond donors (Lipinski definition) is 3. The molecule has 0 radical (unpaired) electrons. The zero-order valence-electron chi connectivity index (χ0n) is 13.3. The van der Waals surface area contributed by atoms with Crippen LogP contribution in [0.3, 0.4) is 0 Å². The molecule has 1 unspecified atom stereocenters. The Balaban J connectivity index is 0. The van der Waals surface area contributed by atoms with Crippen LogP contribution in [0.4, 0.5) is 0 Å². The van der Waals surface area contributed by atoms with Crippen molar-refractivity contribution >= 4 is 10.4 Å². The Morgan fingerprint density at radius 2 is 1.33 bits per heavy atom. The van der Waals surface area contributed by atoms with Crippen molar-refractivity contribution in [3.05, 3.63) is 0 Å². The highest BCUT2D eigenvalue weighted by Gasteiger charge is 2.16. The lowest BCUT2D eigenvalue weighted by molar-refractivity contribution is 0.158. The average molecular weight is 328 g/mol. The first-order chi connectivity index (χ1) is 9.91. The highest BCUT2D eigenvalue weighted by molar-refractivity contribution is 7.80. The van der Waals surface area contributed by atoms with Crippen molar-refractivity contribution in [2.24, 2.45) is 0 Å². The van der Waals surface area contributed by atoms with E-state index in [2.05, 4.69) is 11.1 Å². The molecule has 7 heteroatoms. The van der Waals surface area contributed by atoms with E-state index < -0.39 is 10.4 Å². The normalized spacial score (nSPS) is 12.6. The summed E-state index contributed by atoms with van der Waals surface area (Å²) in [5, 5.41) is 15.2. The standard InChI is InChI=1S/C12H26O4S.C2H6O2/c1-3-5-7-8-9-11-12(10-6-4-2)16-17(13,14)15;3-1-2-4/h12H,3-11H2,1-2H3,(H,13,14,15);3-4H,1-2H2. The summed E-state index contributed by atoms with van der Waals surface area (Å²) < 4.78 is 34.7. The molecule has 6 nitrogen and oxygen atoms in total. The van der Waals surface area contributed by atoms with Crippen LogP contribution in [-0.2, 0) is 14.6 Å². The van der Waals surface area contributed by atoms with E-state index in [9.17, 15) is 8.42 Å². The van der Waals surface area contributed by atoms with Crippen LogP contribution in [0.2, 0.25) is 0 Å². The first-order valence-electron chi connectivity index (χ1n) is 7.78. The topological polar surface area (TPSA) is 104 Å². The van der Waals surface area contributed by atoms with Gasteiger partial charge in [-0.25, -0.2) is 4.18 Å². The molecule has 1 atom stereocenters. The van der Waals surface area contributed by atoms with Gasteiger partial charge in [0, 0.05) is 0 Å². The van der Waals surface area contributed by atoms with Crippen molar-refractivity contribution in [3.8, 4) is 0 Å². The Bertz CT molecular complexity index is 290. The Labute approximate surface area is 129 Å². The highest BCUT2D eigenvalue weighted by atomic mass is 32.3. The minimum absolute atomic E-state index is 0.125. The summed E-state index contributed by atoms with van der Waals surface area (Å²) in [6, 6.07) is 0. The first kappa shape index (κ1) is 23.1. The summed E-state index contributed by atoms with van der Waals surface area (Å²) in [5.41, 5.74) is 0. The van der Waals surface area contributed by atoms with Gasteiger partial charge in [0.1, 0.15) is 0 Å². The van der Waals surface area contributed by atoms with Gasteiger partial charge in [-0.05, 0) is 12.8 Å².